The SMILES string of the molecule is COc1ccc(CCC(=O)NCc2ccnc(-c3cccnc3)c2)c(OC)c1OC. The first-order valence-electron chi connectivity index (χ1n) is 9.56. The minimum atomic E-state index is -0.0495. The summed E-state index contributed by atoms with van der Waals surface area (Å²) in [5, 5.41) is 2.96. The Morgan fingerprint density at radius 3 is 2.53 bits per heavy atom. The van der Waals surface area contributed by atoms with Crippen LogP contribution in [0.15, 0.2) is 55.0 Å². The highest BCUT2D eigenvalue weighted by atomic mass is 16.5. The standard InChI is InChI=1S/C23H25N3O4/c1-28-20-8-6-17(22(29-2)23(20)30-3)7-9-21(27)26-14-16-10-12-25-19(13-16)18-5-4-11-24-15-18/h4-6,8,10-13,15H,7,9,14H2,1-3H3,(H,26,27). The molecule has 0 saturated heterocycles. The van der Waals surface area contributed by atoms with Crippen LogP contribution in [-0.2, 0) is 17.8 Å². The molecular formula is C23H25N3O4. The third-order valence-corrected chi connectivity index (χ3v) is 4.68. The van der Waals surface area contributed by atoms with Gasteiger partial charge in [0.15, 0.2) is 11.5 Å². The first-order chi connectivity index (χ1) is 14.7. The molecule has 0 atom stereocenters. The summed E-state index contributed by atoms with van der Waals surface area (Å²) in [6, 6.07) is 11.4. The van der Waals surface area contributed by atoms with Crippen LogP contribution in [0.25, 0.3) is 11.3 Å². The molecule has 0 aliphatic heterocycles. The topological polar surface area (TPSA) is 82.6 Å². The number of nitrogens with zero attached hydrogens (tertiary/aromatic N) is 2. The van der Waals surface area contributed by atoms with Crippen LogP contribution in [0.4, 0.5) is 0 Å². The predicted molar refractivity (Wildman–Crippen MR) is 114 cm³/mol. The van der Waals surface area contributed by atoms with Gasteiger partial charge in [-0.05, 0) is 47.9 Å². The zero-order valence-corrected chi connectivity index (χ0v) is 17.3. The molecule has 0 aliphatic carbocycles. The van der Waals surface area contributed by atoms with E-state index in [2.05, 4.69) is 15.3 Å². The van der Waals surface area contributed by atoms with E-state index in [0.29, 0.717) is 36.6 Å². The van der Waals surface area contributed by atoms with Crippen molar-refractivity contribution in [3.05, 3.63) is 66.1 Å². The Bertz CT molecular complexity index is 993. The van der Waals surface area contributed by atoms with Crippen LogP contribution in [-0.4, -0.2) is 37.2 Å². The highest BCUT2D eigenvalue weighted by Crippen LogP contribution is 2.40. The number of aromatic nitrogens is 2. The van der Waals surface area contributed by atoms with Crippen molar-refractivity contribution >= 4 is 5.91 Å². The van der Waals surface area contributed by atoms with Gasteiger partial charge in [0.2, 0.25) is 11.7 Å². The summed E-state index contributed by atoms with van der Waals surface area (Å²) < 4.78 is 16.2. The van der Waals surface area contributed by atoms with Gasteiger partial charge in [0.05, 0.1) is 27.0 Å². The molecule has 0 spiro atoms. The lowest BCUT2D eigenvalue weighted by Crippen LogP contribution is -2.23. The van der Waals surface area contributed by atoms with Gasteiger partial charge in [-0.2, -0.15) is 0 Å². The largest absolute Gasteiger partial charge is 0.493 e. The number of carbonyl (C=O) groups is 1. The van der Waals surface area contributed by atoms with Gasteiger partial charge in [-0.1, -0.05) is 6.07 Å². The molecule has 30 heavy (non-hydrogen) atoms. The number of carbonyl (C=O) groups excluding carboxylic acids is 1. The fourth-order valence-corrected chi connectivity index (χ4v) is 3.15. The van der Waals surface area contributed by atoms with Gasteiger partial charge < -0.3 is 19.5 Å². The number of aryl methyl sites for hydroxylation is 1. The smallest absolute Gasteiger partial charge is 0.220 e. The maximum atomic E-state index is 12.4. The molecule has 3 aromatic rings. The zero-order valence-electron chi connectivity index (χ0n) is 17.3. The van der Waals surface area contributed by atoms with Crippen molar-refractivity contribution in [3.63, 3.8) is 0 Å². The number of ether oxygens (including phenoxy) is 3. The zero-order chi connectivity index (χ0) is 21.3. The van der Waals surface area contributed by atoms with Crippen molar-refractivity contribution in [3.8, 4) is 28.5 Å². The molecule has 7 nitrogen and oxygen atoms in total. The molecule has 1 N–H and O–H groups in total. The van der Waals surface area contributed by atoms with Crippen LogP contribution >= 0.6 is 0 Å². The average Bonchev–Trinajstić information content (AvgIpc) is 2.81. The van der Waals surface area contributed by atoms with Gasteiger partial charge in [-0.3, -0.25) is 14.8 Å². The lowest BCUT2D eigenvalue weighted by Gasteiger charge is -2.15. The lowest BCUT2D eigenvalue weighted by molar-refractivity contribution is -0.121. The summed E-state index contributed by atoms with van der Waals surface area (Å²) in [4.78, 5) is 20.9. The normalized spacial score (nSPS) is 10.4. The monoisotopic (exact) mass is 407 g/mol. The highest BCUT2D eigenvalue weighted by Gasteiger charge is 2.16. The molecule has 0 radical (unpaired) electrons. The molecule has 7 heteroatoms. The number of rotatable bonds is 9. The summed E-state index contributed by atoms with van der Waals surface area (Å²) in [6.45, 7) is 0.428. The molecule has 1 aromatic carbocycles. The Kier molecular flexibility index (Phi) is 7.21. The minimum Gasteiger partial charge on any atom is -0.493 e. The third-order valence-electron chi connectivity index (χ3n) is 4.68. The first kappa shape index (κ1) is 21.1. The van der Waals surface area contributed by atoms with Crippen molar-refractivity contribution in [2.45, 2.75) is 19.4 Å². The number of amides is 1. The molecule has 2 aromatic heterocycles. The maximum absolute atomic E-state index is 12.4. The van der Waals surface area contributed by atoms with Crippen molar-refractivity contribution in [1.29, 1.82) is 0 Å². The molecule has 0 aliphatic rings. The number of pyridine rings is 2. The molecular weight excluding hydrogens is 382 g/mol. The van der Waals surface area contributed by atoms with Gasteiger partial charge in [0, 0.05) is 37.1 Å². The van der Waals surface area contributed by atoms with Gasteiger partial charge >= 0.3 is 0 Å². The fourth-order valence-electron chi connectivity index (χ4n) is 3.15. The highest BCUT2D eigenvalue weighted by molar-refractivity contribution is 5.76. The number of hydrogen-bond acceptors (Lipinski definition) is 6. The Labute approximate surface area is 176 Å². The maximum Gasteiger partial charge on any atom is 0.220 e. The summed E-state index contributed by atoms with van der Waals surface area (Å²) >= 11 is 0. The van der Waals surface area contributed by atoms with E-state index < -0.39 is 0 Å². The Balaban J connectivity index is 1.60. The first-order valence-corrected chi connectivity index (χ1v) is 9.56. The van der Waals surface area contributed by atoms with Crippen LogP contribution in [0.1, 0.15) is 17.5 Å². The molecule has 156 valence electrons. The summed E-state index contributed by atoms with van der Waals surface area (Å²) in [5.74, 6) is 1.65. The van der Waals surface area contributed by atoms with E-state index in [1.54, 1.807) is 39.9 Å². The van der Waals surface area contributed by atoms with Crippen LogP contribution in [0.2, 0.25) is 0 Å². The van der Waals surface area contributed by atoms with Crippen LogP contribution in [0.3, 0.4) is 0 Å². The fraction of sp³-hybridized carbons (Fsp3) is 0.261. The van der Waals surface area contributed by atoms with Gasteiger partial charge in [0.1, 0.15) is 0 Å². The van der Waals surface area contributed by atoms with Gasteiger partial charge in [-0.25, -0.2) is 0 Å². The molecule has 0 saturated carbocycles. The van der Waals surface area contributed by atoms with Crippen molar-refractivity contribution in [1.82, 2.24) is 15.3 Å². The van der Waals surface area contributed by atoms with E-state index in [1.165, 1.54) is 0 Å². The molecule has 0 unspecified atom stereocenters. The number of methoxy groups -OCH3 is 3. The van der Waals surface area contributed by atoms with Gasteiger partial charge in [0.25, 0.3) is 0 Å². The molecule has 3 rings (SSSR count). The van der Waals surface area contributed by atoms with Crippen LogP contribution < -0.4 is 19.5 Å². The minimum absolute atomic E-state index is 0.0495. The van der Waals surface area contributed by atoms with E-state index in [4.69, 9.17) is 14.2 Å². The number of benzene rings is 1. The second-order valence-electron chi connectivity index (χ2n) is 6.56. The van der Waals surface area contributed by atoms with E-state index in [1.807, 2.05) is 36.4 Å². The van der Waals surface area contributed by atoms with Crippen LogP contribution in [0, 0.1) is 0 Å². The molecule has 2 heterocycles. The van der Waals surface area contributed by atoms with Crippen LogP contribution in [0.5, 0.6) is 17.2 Å². The van der Waals surface area contributed by atoms with E-state index in [0.717, 1.165) is 22.4 Å². The molecule has 1 amide bonds. The van der Waals surface area contributed by atoms with Crippen molar-refractivity contribution in [2.24, 2.45) is 0 Å². The lowest BCUT2D eigenvalue weighted by atomic mass is 10.1. The number of nitrogens with one attached hydrogen (secondary N) is 1. The third kappa shape index (κ3) is 5.05. The average molecular weight is 407 g/mol. The summed E-state index contributed by atoms with van der Waals surface area (Å²) in [7, 11) is 4.71. The Morgan fingerprint density at radius 2 is 1.83 bits per heavy atom. The summed E-state index contributed by atoms with van der Waals surface area (Å²) in [5.41, 5.74) is 3.62. The van der Waals surface area contributed by atoms with Crippen molar-refractivity contribution in [2.75, 3.05) is 21.3 Å². The van der Waals surface area contributed by atoms with E-state index in [9.17, 15) is 4.79 Å². The second-order valence-corrected chi connectivity index (χ2v) is 6.56. The van der Waals surface area contributed by atoms with Gasteiger partial charge in [-0.15, -0.1) is 0 Å². The number of hydrogen-bond donors (Lipinski definition) is 1. The Hall–Kier alpha value is -3.61. The quantitative estimate of drug-likeness (QED) is 0.585. The van der Waals surface area contributed by atoms with E-state index >= 15 is 0 Å². The van der Waals surface area contributed by atoms with Crippen molar-refractivity contribution < 1.29 is 19.0 Å². The van der Waals surface area contributed by atoms with E-state index in [-0.39, 0.29) is 5.91 Å². The summed E-state index contributed by atoms with van der Waals surface area (Å²) in [6.07, 6.45) is 6.07. The molecule has 0 bridgehead atoms. The second kappa shape index (κ2) is 10.2. The predicted octanol–water partition coefficient (Wildman–Crippen LogP) is 3.42. The molecule has 0 fully saturated rings. The Morgan fingerprint density at radius 1 is 1.00 bits per heavy atom.